The molecule has 0 amide bonds. The largest absolute Gasteiger partial charge is 0.451 e. The number of aromatic amines is 1. The molecule has 0 aromatic carbocycles. The molecule has 0 saturated heterocycles. The lowest BCUT2D eigenvalue weighted by Crippen LogP contribution is -2.17. The molecular formula is C16H15N3O3S. The van der Waals surface area contributed by atoms with Crippen molar-refractivity contribution in [2.75, 3.05) is 0 Å². The lowest BCUT2D eigenvalue weighted by atomic mass is 10.2. The van der Waals surface area contributed by atoms with Gasteiger partial charge < -0.3 is 9.72 Å². The molecule has 0 saturated carbocycles. The van der Waals surface area contributed by atoms with Crippen LogP contribution >= 0.6 is 11.3 Å². The van der Waals surface area contributed by atoms with Gasteiger partial charge in [0.1, 0.15) is 4.83 Å². The van der Waals surface area contributed by atoms with Gasteiger partial charge in [-0.25, -0.2) is 9.78 Å². The SMILES string of the molecule is Cc1sc2nc([C@@H](C)OC(=O)c3ccncc3)[nH]c(=O)c2c1C. The molecule has 0 bridgehead atoms. The normalized spacial score (nSPS) is 12.3. The monoisotopic (exact) mass is 329 g/mol. The van der Waals surface area contributed by atoms with E-state index >= 15 is 0 Å². The van der Waals surface area contributed by atoms with Crippen LogP contribution in [-0.4, -0.2) is 20.9 Å². The number of aryl methyl sites for hydroxylation is 2. The lowest BCUT2D eigenvalue weighted by Gasteiger charge is -2.12. The zero-order valence-corrected chi connectivity index (χ0v) is 13.7. The maximum atomic E-state index is 12.3. The Morgan fingerprint density at radius 2 is 2.00 bits per heavy atom. The fourth-order valence-corrected chi connectivity index (χ4v) is 3.27. The van der Waals surface area contributed by atoms with Gasteiger partial charge in [-0.05, 0) is 38.5 Å². The zero-order chi connectivity index (χ0) is 16.6. The number of thiophene rings is 1. The van der Waals surface area contributed by atoms with Gasteiger partial charge in [0.05, 0.1) is 10.9 Å². The van der Waals surface area contributed by atoms with Crippen molar-refractivity contribution in [3.05, 3.63) is 56.7 Å². The van der Waals surface area contributed by atoms with E-state index in [0.717, 1.165) is 10.4 Å². The number of carbonyl (C=O) groups excluding carboxylic acids is 1. The molecule has 7 heteroatoms. The van der Waals surface area contributed by atoms with Crippen LogP contribution in [0, 0.1) is 13.8 Å². The highest BCUT2D eigenvalue weighted by molar-refractivity contribution is 7.18. The van der Waals surface area contributed by atoms with Gasteiger partial charge >= 0.3 is 5.97 Å². The van der Waals surface area contributed by atoms with Crippen LogP contribution in [-0.2, 0) is 4.74 Å². The Kier molecular flexibility index (Phi) is 3.96. The van der Waals surface area contributed by atoms with Gasteiger partial charge in [-0.1, -0.05) is 0 Å². The molecule has 0 aliphatic rings. The minimum atomic E-state index is -0.657. The van der Waals surface area contributed by atoms with Crippen LogP contribution in [0.5, 0.6) is 0 Å². The number of carbonyl (C=O) groups is 1. The van der Waals surface area contributed by atoms with E-state index < -0.39 is 12.1 Å². The minimum Gasteiger partial charge on any atom is -0.451 e. The molecule has 0 fully saturated rings. The Morgan fingerprint density at radius 1 is 1.30 bits per heavy atom. The lowest BCUT2D eigenvalue weighted by molar-refractivity contribution is 0.0320. The minimum absolute atomic E-state index is 0.210. The van der Waals surface area contributed by atoms with Gasteiger partial charge in [0.15, 0.2) is 11.9 Å². The summed E-state index contributed by atoms with van der Waals surface area (Å²) in [7, 11) is 0. The summed E-state index contributed by atoms with van der Waals surface area (Å²) in [5.74, 6) is -0.146. The van der Waals surface area contributed by atoms with Gasteiger partial charge in [0.25, 0.3) is 5.56 Å². The smallest absolute Gasteiger partial charge is 0.338 e. The Bertz CT molecular complexity index is 931. The van der Waals surface area contributed by atoms with E-state index in [2.05, 4.69) is 15.0 Å². The van der Waals surface area contributed by atoms with E-state index in [4.69, 9.17) is 4.74 Å². The van der Waals surface area contributed by atoms with E-state index in [9.17, 15) is 9.59 Å². The number of H-pyrrole nitrogens is 1. The van der Waals surface area contributed by atoms with Crippen molar-refractivity contribution in [3.63, 3.8) is 0 Å². The number of esters is 1. The molecule has 23 heavy (non-hydrogen) atoms. The second-order valence-corrected chi connectivity index (χ2v) is 6.40. The first-order valence-corrected chi connectivity index (χ1v) is 7.90. The highest BCUT2D eigenvalue weighted by atomic mass is 32.1. The van der Waals surface area contributed by atoms with Gasteiger partial charge in [-0.3, -0.25) is 9.78 Å². The van der Waals surface area contributed by atoms with Crippen molar-refractivity contribution in [2.45, 2.75) is 26.9 Å². The second kappa shape index (κ2) is 5.92. The molecule has 3 heterocycles. The number of fused-ring (bicyclic) bond motifs is 1. The number of rotatable bonds is 3. The Morgan fingerprint density at radius 3 is 2.70 bits per heavy atom. The second-order valence-electron chi connectivity index (χ2n) is 5.20. The summed E-state index contributed by atoms with van der Waals surface area (Å²) in [5, 5.41) is 0.601. The van der Waals surface area contributed by atoms with Crippen LogP contribution < -0.4 is 5.56 Å². The number of nitrogens with one attached hydrogen (secondary N) is 1. The maximum absolute atomic E-state index is 12.3. The Balaban J connectivity index is 1.91. The molecule has 0 radical (unpaired) electrons. The van der Waals surface area contributed by atoms with E-state index in [1.165, 1.54) is 23.7 Å². The summed E-state index contributed by atoms with van der Waals surface area (Å²) in [4.78, 5) is 37.0. The van der Waals surface area contributed by atoms with Gasteiger partial charge in [0, 0.05) is 17.3 Å². The number of pyridine rings is 1. The standard InChI is InChI=1S/C16H15N3O3S/c1-8-10(3)23-15-12(8)14(20)18-13(19-15)9(2)22-16(21)11-4-6-17-7-5-11/h4-7,9H,1-3H3,(H,18,19,20)/t9-/m1/s1. The molecule has 0 aliphatic heterocycles. The number of hydrogen-bond acceptors (Lipinski definition) is 6. The van der Waals surface area contributed by atoms with Crippen LogP contribution in [0.2, 0.25) is 0 Å². The first-order chi connectivity index (χ1) is 11.0. The number of ether oxygens (including phenoxy) is 1. The average molecular weight is 329 g/mol. The van der Waals surface area contributed by atoms with E-state index in [-0.39, 0.29) is 5.56 Å². The van der Waals surface area contributed by atoms with E-state index in [0.29, 0.717) is 21.6 Å². The molecule has 0 unspecified atom stereocenters. The molecular weight excluding hydrogens is 314 g/mol. The van der Waals surface area contributed by atoms with E-state index in [1.807, 2.05) is 13.8 Å². The van der Waals surface area contributed by atoms with Crippen LogP contribution in [0.1, 0.15) is 39.7 Å². The Hall–Kier alpha value is -2.54. The first kappa shape index (κ1) is 15.4. The first-order valence-electron chi connectivity index (χ1n) is 7.08. The predicted octanol–water partition coefficient (Wildman–Crippen LogP) is 2.91. The maximum Gasteiger partial charge on any atom is 0.338 e. The fraction of sp³-hybridized carbons (Fsp3) is 0.250. The quantitative estimate of drug-likeness (QED) is 0.747. The number of nitrogens with zero attached hydrogens (tertiary/aromatic N) is 2. The summed E-state index contributed by atoms with van der Waals surface area (Å²) in [6.45, 7) is 5.53. The molecule has 1 atom stereocenters. The van der Waals surface area contributed by atoms with Crippen LogP contribution in [0.15, 0.2) is 29.3 Å². The molecule has 1 N–H and O–H groups in total. The summed E-state index contributed by atoms with van der Waals surface area (Å²) in [6.07, 6.45) is 2.38. The predicted molar refractivity (Wildman–Crippen MR) is 87.8 cm³/mol. The van der Waals surface area contributed by atoms with Crippen molar-refractivity contribution in [1.82, 2.24) is 15.0 Å². The molecule has 3 rings (SSSR count). The molecule has 3 aromatic rings. The average Bonchev–Trinajstić information content (AvgIpc) is 2.83. The van der Waals surface area contributed by atoms with E-state index in [1.54, 1.807) is 19.1 Å². The summed E-state index contributed by atoms with van der Waals surface area (Å²) >= 11 is 1.46. The molecule has 0 aliphatic carbocycles. The highest BCUT2D eigenvalue weighted by Gasteiger charge is 2.18. The highest BCUT2D eigenvalue weighted by Crippen LogP contribution is 2.27. The Labute approximate surface area is 136 Å². The summed E-state index contributed by atoms with van der Waals surface area (Å²) < 4.78 is 5.37. The topological polar surface area (TPSA) is 84.9 Å². The van der Waals surface area contributed by atoms with Gasteiger partial charge in [0.2, 0.25) is 0 Å². The summed E-state index contributed by atoms with van der Waals surface area (Å²) in [5.41, 5.74) is 1.13. The van der Waals surface area contributed by atoms with Crippen LogP contribution in [0.4, 0.5) is 0 Å². The van der Waals surface area contributed by atoms with Crippen molar-refractivity contribution in [2.24, 2.45) is 0 Å². The molecule has 3 aromatic heterocycles. The van der Waals surface area contributed by atoms with Crippen LogP contribution in [0.25, 0.3) is 10.2 Å². The third-order valence-corrected chi connectivity index (χ3v) is 4.74. The van der Waals surface area contributed by atoms with Crippen molar-refractivity contribution < 1.29 is 9.53 Å². The van der Waals surface area contributed by atoms with Crippen molar-refractivity contribution in [1.29, 1.82) is 0 Å². The third-order valence-electron chi connectivity index (χ3n) is 3.64. The van der Waals surface area contributed by atoms with Crippen molar-refractivity contribution >= 4 is 27.5 Å². The van der Waals surface area contributed by atoms with Crippen LogP contribution in [0.3, 0.4) is 0 Å². The zero-order valence-electron chi connectivity index (χ0n) is 12.9. The fourth-order valence-electron chi connectivity index (χ4n) is 2.24. The molecule has 118 valence electrons. The van der Waals surface area contributed by atoms with Crippen molar-refractivity contribution in [3.8, 4) is 0 Å². The molecule has 6 nitrogen and oxygen atoms in total. The summed E-state index contributed by atoms with van der Waals surface area (Å²) in [6, 6.07) is 3.14. The van der Waals surface area contributed by atoms with Gasteiger partial charge in [-0.15, -0.1) is 11.3 Å². The third kappa shape index (κ3) is 2.87. The number of hydrogen-bond donors (Lipinski definition) is 1. The molecule has 0 spiro atoms. The number of aromatic nitrogens is 3. The van der Waals surface area contributed by atoms with Gasteiger partial charge in [-0.2, -0.15) is 0 Å².